The average Bonchev–Trinajstić information content (AvgIpc) is 2.66. The van der Waals surface area contributed by atoms with Gasteiger partial charge in [-0.05, 0) is 52.5 Å². The number of phenolic OH excluding ortho intramolecular Hbond substituents is 1. The van der Waals surface area contributed by atoms with Gasteiger partial charge in [-0.15, -0.1) is 11.8 Å². The number of benzene rings is 1. The first-order valence-electron chi connectivity index (χ1n) is 11.0. The van der Waals surface area contributed by atoms with Crippen molar-refractivity contribution in [2.24, 2.45) is 0 Å². The van der Waals surface area contributed by atoms with E-state index in [9.17, 15) is 5.11 Å². The monoisotopic (exact) mass is 411 g/mol. The molecule has 1 aromatic heterocycles. The Bertz CT molecular complexity index is 776. The first-order chi connectivity index (χ1) is 13.6. The largest absolute Gasteiger partial charge is 0.507 e. The lowest BCUT2D eigenvalue weighted by atomic mass is 9.78. The number of nitrogens with zero attached hydrogens (tertiary/aromatic N) is 1. The maximum atomic E-state index is 11.1. The van der Waals surface area contributed by atoms with Crippen molar-refractivity contribution in [3.8, 4) is 5.75 Å². The molecule has 3 rings (SSSR count). The van der Waals surface area contributed by atoms with E-state index in [0.29, 0.717) is 11.0 Å². The molecule has 0 bridgehead atoms. The van der Waals surface area contributed by atoms with Crippen LogP contribution in [0, 0.1) is 0 Å². The molecule has 1 fully saturated rings. The van der Waals surface area contributed by atoms with Crippen LogP contribution in [0.2, 0.25) is 0 Å². The Balaban J connectivity index is 2.13. The van der Waals surface area contributed by atoms with Gasteiger partial charge in [-0.2, -0.15) is 0 Å². The van der Waals surface area contributed by atoms with E-state index >= 15 is 0 Å². The van der Waals surface area contributed by atoms with Gasteiger partial charge in [0.2, 0.25) is 0 Å². The van der Waals surface area contributed by atoms with Gasteiger partial charge < -0.3 is 5.11 Å². The summed E-state index contributed by atoms with van der Waals surface area (Å²) in [6.45, 7) is 13.1. The maximum Gasteiger partial charge on any atom is 0.123 e. The highest BCUT2D eigenvalue weighted by molar-refractivity contribution is 8.00. The predicted octanol–water partition coefficient (Wildman–Crippen LogP) is 7.54. The number of pyridine rings is 1. The SMILES string of the molecule is CC(C)(C)c1cc(C(SC2CCCCC2)c2ccccn2)cc(C(C)(C)C)c1O. The second kappa shape index (κ2) is 8.71. The summed E-state index contributed by atoms with van der Waals surface area (Å²) in [5, 5.41) is 12.0. The third kappa shape index (κ3) is 5.36. The molecule has 0 amide bonds. The molecule has 0 saturated heterocycles. The van der Waals surface area contributed by atoms with Crippen LogP contribution in [0.1, 0.15) is 101 Å². The van der Waals surface area contributed by atoms with Gasteiger partial charge in [-0.1, -0.05) is 79.0 Å². The Morgan fingerprint density at radius 2 is 1.52 bits per heavy atom. The first kappa shape index (κ1) is 22.2. The van der Waals surface area contributed by atoms with Gasteiger partial charge in [0.15, 0.2) is 0 Å². The fourth-order valence-electron chi connectivity index (χ4n) is 4.20. The molecule has 0 aliphatic heterocycles. The summed E-state index contributed by atoms with van der Waals surface area (Å²) >= 11 is 2.07. The van der Waals surface area contributed by atoms with Crippen LogP contribution >= 0.6 is 11.8 Å². The lowest BCUT2D eigenvalue weighted by Gasteiger charge is -2.31. The Morgan fingerprint density at radius 1 is 0.931 bits per heavy atom. The van der Waals surface area contributed by atoms with Crippen molar-refractivity contribution in [2.45, 2.75) is 95.0 Å². The highest BCUT2D eigenvalue weighted by Crippen LogP contribution is 2.46. The standard InChI is InChI=1S/C26H37NOS/c1-25(2,3)20-16-18(17-21(23(20)28)26(4,5)6)24(22-14-10-11-15-27-22)29-19-12-8-7-9-13-19/h10-11,14-17,19,24,28H,7-9,12-13H2,1-6H3. The first-order valence-corrected chi connectivity index (χ1v) is 12.0. The highest BCUT2D eigenvalue weighted by Gasteiger charge is 2.30. The van der Waals surface area contributed by atoms with E-state index in [1.54, 1.807) is 0 Å². The number of aromatic nitrogens is 1. The molecule has 0 spiro atoms. The van der Waals surface area contributed by atoms with Gasteiger partial charge in [0.25, 0.3) is 0 Å². The Morgan fingerprint density at radius 3 is 2.00 bits per heavy atom. The summed E-state index contributed by atoms with van der Waals surface area (Å²) in [5.41, 5.74) is 4.21. The second-order valence-electron chi connectivity index (χ2n) is 10.5. The van der Waals surface area contributed by atoms with Gasteiger partial charge in [0.05, 0.1) is 10.9 Å². The van der Waals surface area contributed by atoms with Crippen LogP contribution in [0.5, 0.6) is 5.75 Å². The summed E-state index contributed by atoms with van der Waals surface area (Å²) in [5.74, 6) is 0.455. The fraction of sp³-hybridized carbons (Fsp3) is 0.577. The van der Waals surface area contributed by atoms with E-state index in [-0.39, 0.29) is 16.1 Å². The molecule has 0 radical (unpaired) electrons. The van der Waals surface area contributed by atoms with E-state index < -0.39 is 0 Å². The van der Waals surface area contributed by atoms with Crippen molar-refractivity contribution in [2.75, 3.05) is 0 Å². The van der Waals surface area contributed by atoms with Gasteiger partial charge in [-0.25, -0.2) is 0 Å². The number of thioether (sulfide) groups is 1. The molecule has 158 valence electrons. The third-order valence-electron chi connectivity index (χ3n) is 5.89. The third-order valence-corrected chi connectivity index (χ3v) is 7.53. The molecule has 1 aliphatic carbocycles. The lowest BCUT2D eigenvalue weighted by Crippen LogP contribution is -2.19. The van der Waals surface area contributed by atoms with E-state index in [2.05, 4.69) is 77.6 Å². The minimum absolute atomic E-state index is 0.121. The van der Waals surface area contributed by atoms with E-state index in [1.165, 1.54) is 37.7 Å². The highest BCUT2D eigenvalue weighted by atomic mass is 32.2. The molecular weight excluding hydrogens is 374 g/mol. The molecule has 1 atom stereocenters. The van der Waals surface area contributed by atoms with Crippen molar-refractivity contribution in [1.29, 1.82) is 0 Å². The van der Waals surface area contributed by atoms with Crippen LogP contribution in [0.15, 0.2) is 36.5 Å². The molecule has 1 saturated carbocycles. The maximum absolute atomic E-state index is 11.1. The Hall–Kier alpha value is -1.48. The average molecular weight is 412 g/mol. The normalized spacial score (nSPS) is 17.3. The van der Waals surface area contributed by atoms with Crippen molar-refractivity contribution in [3.63, 3.8) is 0 Å². The molecule has 1 N–H and O–H groups in total. The molecule has 2 nitrogen and oxygen atoms in total. The summed E-state index contributed by atoms with van der Waals surface area (Å²) < 4.78 is 0. The lowest BCUT2D eigenvalue weighted by molar-refractivity contribution is 0.422. The van der Waals surface area contributed by atoms with Crippen molar-refractivity contribution >= 4 is 11.8 Å². The Labute approximate surface area is 181 Å². The topological polar surface area (TPSA) is 33.1 Å². The van der Waals surface area contributed by atoms with E-state index in [1.807, 2.05) is 12.3 Å². The molecular formula is C26H37NOS. The minimum atomic E-state index is -0.121. The Kier molecular flexibility index (Phi) is 6.67. The molecule has 29 heavy (non-hydrogen) atoms. The second-order valence-corrected chi connectivity index (χ2v) is 11.9. The molecule has 1 heterocycles. The van der Waals surface area contributed by atoms with E-state index in [0.717, 1.165) is 16.8 Å². The fourth-order valence-corrected chi connectivity index (χ4v) is 5.76. The van der Waals surface area contributed by atoms with Crippen molar-refractivity contribution < 1.29 is 5.11 Å². The number of hydrogen-bond donors (Lipinski definition) is 1. The molecule has 2 aromatic rings. The predicted molar refractivity (Wildman–Crippen MR) is 126 cm³/mol. The van der Waals surface area contributed by atoms with Crippen LogP contribution in [-0.4, -0.2) is 15.3 Å². The zero-order valence-corrected chi connectivity index (χ0v) is 19.8. The van der Waals surface area contributed by atoms with Gasteiger partial charge >= 0.3 is 0 Å². The van der Waals surface area contributed by atoms with Gasteiger partial charge in [-0.3, -0.25) is 4.98 Å². The summed E-state index contributed by atoms with van der Waals surface area (Å²) in [6, 6.07) is 10.7. The summed E-state index contributed by atoms with van der Waals surface area (Å²) in [7, 11) is 0. The number of phenols is 1. The van der Waals surface area contributed by atoms with Gasteiger partial charge in [0, 0.05) is 11.4 Å². The molecule has 1 aromatic carbocycles. The zero-order valence-electron chi connectivity index (χ0n) is 19.0. The van der Waals surface area contributed by atoms with Gasteiger partial charge in [0.1, 0.15) is 5.75 Å². The van der Waals surface area contributed by atoms with Crippen LogP contribution in [-0.2, 0) is 10.8 Å². The number of hydrogen-bond acceptors (Lipinski definition) is 3. The molecule has 3 heteroatoms. The summed E-state index contributed by atoms with van der Waals surface area (Å²) in [4.78, 5) is 4.74. The minimum Gasteiger partial charge on any atom is -0.507 e. The van der Waals surface area contributed by atoms with Crippen LogP contribution in [0.3, 0.4) is 0 Å². The zero-order chi connectivity index (χ0) is 21.2. The van der Waals surface area contributed by atoms with Crippen LogP contribution in [0.25, 0.3) is 0 Å². The smallest absolute Gasteiger partial charge is 0.123 e. The van der Waals surface area contributed by atoms with E-state index in [4.69, 9.17) is 4.98 Å². The van der Waals surface area contributed by atoms with Crippen molar-refractivity contribution in [1.82, 2.24) is 4.98 Å². The molecule has 1 aliphatic rings. The van der Waals surface area contributed by atoms with Crippen molar-refractivity contribution in [3.05, 3.63) is 58.9 Å². The van der Waals surface area contributed by atoms with Crippen LogP contribution < -0.4 is 0 Å². The summed E-state index contributed by atoms with van der Waals surface area (Å²) in [6.07, 6.45) is 8.53. The number of aromatic hydroxyl groups is 1. The number of rotatable bonds is 4. The van der Waals surface area contributed by atoms with Crippen LogP contribution in [0.4, 0.5) is 0 Å². The molecule has 1 unspecified atom stereocenters. The quantitative estimate of drug-likeness (QED) is 0.564.